The first-order chi connectivity index (χ1) is 12.5. The molecule has 0 saturated carbocycles. The van der Waals surface area contributed by atoms with E-state index < -0.39 is 0 Å². The quantitative estimate of drug-likeness (QED) is 0.147. The zero-order valence-corrected chi connectivity index (χ0v) is 18.5. The fraction of sp³-hybridized carbons (Fsp3) is 0.957. The first-order valence-electron chi connectivity index (χ1n) is 11.5. The van der Waals surface area contributed by atoms with Gasteiger partial charge in [-0.3, -0.25) is 4.79 Å². The molecule has 0 aromatic carbocycles. The number of quaternary nitrogens is 1. The van der Waals surface area contributed by atoms with Crippen molar-refractivity contribution in [3.8, 4) is 0 Å². The molecule has 0 amide bonds. The molecule has 3 heteroatoms. The van der Waals surface area contributed by atoms with Crippen molar-refractivity contribution in [1.82, 2.24) is 0 Å². The van der Waals surface area contributed by atoms with Crippen LogP contribution in [-0.2, 0) is 9.53 Å². The van der Waals surface area contributed by atoms with E-state index in [-0.39, 0.29) is 5.97 Å². The van der Waals surface area contributed by atoms with Gasteiger partial charge in [-0.25, -0.2) is 0 Å². The lowest BCUT2D eigenvalue weighted by molar-refractivity contribution is -0.890. The summed E-state index contributed by atoms with van der Waals surface area (Å²) >= 11 is 0. The van der Waals surface area contributed by atoms with Gasteiger partial charge in [-0.2, -0.15) is 0 Å². The van der Waals surface area contributed by atoms with Gasteiger partial charge in [0.1, 0.15) is 0 Å². The Labute approximate surface area is 164 Å². The van der Waals surface area contributed by atoms with Gasteiger partial charge in [-0.15, -0.1) is 0 Å². The molecule has 0 N–H and O–H groups in total. The molecule has 0 rings (SSSR count). The van der Waals surface area contributed by atoms with E-state index in [1.165, 1.54) is 83.6 Å². The third kappa shape index (κ3) is 18.2. The van der Waals surface area contributed by atoms with E-state index >= 15 is 0 Å². The van der Waals surface area contributed by atoms with Crippen molar-refractivity contribution in [1.29, 1.82) is 0 Å². The summed E-state index contributed by atoms with van der Waals surface area (Å²) in [6.45, 7) is 7.39. The zero-order valence-electron chi connectivity index (χ0n) is 18.5. The van der Waals surface area contributed by atoms with Crippen LogP contribution in [0.1, 0.15) is 110 Å². The van der Waals surface area contributed by atoms with Gasteiger partial charge in [0.25, 0.3) is 0 Å². The van der Waals surface area contributed by atoms with Crippen molar-refractivity contribution in [2.24, 2.45) is 0 Å². The summed E-state index contributed by atoms with van der Waals surface area (Å²) in [5.41, 5.74) is 0. The van der Waals surface area contributed by atoms with Crippen LogP contribution in [0.25, 0.3) is 0 Å². The highest BCUT2D eigenvalue weighted by Crippen LogP contribution is 2.12. The van der Waals surface area contributed by atoms with Crippen molar-refractivity contribution in [3.05, 3.63) is 0 Å². The van der Waals surface area contributed by atoms with Gasteiger partial charge in [-0.05, 0) is 12.8 Å². The van der Waals surface area contributed by atoms with Gasteiger partial charge in [0.2, 0.25) is 0 Å². The lowest BCUT2D eigenvalue weighted by Gasteiger charge is -2.29. The Bertz CT molecular complexity index is 315. The summed E-state index contributed by atoms with van der Waals surface area (Å²) in [4.78, 5) is 11.8. The number of rotatable bonds is 19. The van der Waals surface area contributed by atoms with E-state index in [4.69, 9.17) is 4.74 Å². The van der Waals surface area contributed by atoms with Crippen LogP contribution in [0.4, 0.5) is 0 Å². The van der Waals surface area contributed by atoms with Crippen LogP contribution in [0.5, 0.6) is 0 Å². The minimum Gasteiger partial charge on any atom is -0.465 e. The molecule has 0 unspecified atom stereocenters. The molecule has 3 nitrogen and oxygen atoms in total. The van der Waals surface area contributed by atoms with E-state index in [1.54, 1.807) is 0 Å². The van der Waals surface area contributed by atoms with Gasteiger partial charge in [-0.1, -0.05) is 84.5 Å². The van der Waals surface area contributed by atoms with Gasteiger partial charge in [0, 0.05) is 12.8 Å². The minimum absolute atomic E-state index is 0.000196. The SMILES string of the molecule is CCCCCCCCCCCCCC(=O)OCCC[N+](C)(C)CCCC. The van der Waals surface area contributed by atoms with Gasteiger partial charge < -0.3 is 9.22 Å². The number of ether oxygens (including phenoxy) is 1. The van der Waals surface area contributed by atoms with E-state index in [0.717, 1.165) is 23.9 Å². The largest absolute Gasteiger partial charge is 0.465 e. The Balaban J connectivity index is 3.34. The molecule has 0 bridgehead atoms. The Morgan fingerprint density at radius 1 is 0.654 bits per heavy atom. The predicted molar refractivity (Wildman–Crippen MR) is 113 cm³/mol. The average molecular weight is 371 g/mol. The molecule has 0 radical (unpaired) electrons. The van der Waals surface area contributed by atoms with Crippen molar-refractivity contribution in [3.63, 3.8) is 0 Å². The second-order valence-electron chi connectivity index (χ2n) is 8.60. The van der Waals surface area contributed by atoms with Crippen molar-refractivity contribution in [2.75, 3.05) is 33.8 Å². The average Bonchev–Trinajstić information content (AvgIpc) is 2.61. The molecular weight excluding hydrogens is 322 g/mol. The molecule has 156 valence electrons. The maximum Gasteiger partial charge on any atom is 0.305 e. The van der Waals surface area contributed by atoms with Crippen LogP contribution < -0.4 is 0 Å². The Kier molecular flexibility index (Phi) is 17.4. The Hall–Kier alpha value is -0.570. The van der Waals surface area contributed by atoms with Crippen LogP contribution >= 0.6 is 0 Å². The second kappa shape index (κ2) is 17.8. The van der Waals surface area contributed by atoms with Crippen molar-refractivity contribution < 1.29 is 14.0 Å². The summed E-state index contributed by atoms with van der Waals surface area (Å²) < 4.78 is 6.42. The number of unbranched alkanes of at least 4 members (excludes halogenated alkanes) is 11. The molecular formula is C23H48NO2+. The first-order valence-corrected chi connectivity index (χ1v) is 11.5. The van der Waals surface area contributed by atoms with E-state index in [9.17, 15) is 4.79 Å². The highest BCUT2D eigenvalue weighted by molar-refractivity contribution is 5.69. The van der Waals surface area contributed by atoms with Crippen LogP contribution in [-0.4, -0.2) is 44.2 Å². The third-order valence-corrected chi connectivity index (χ3v) is 5.27. The lowest BCUT2D eigenvalue weighted by Crippen LogP contribution is -2.41. The predicted octanol–water partition coefficient (Wildman–Crippen LogP) is 6.50. The summed E-state index contributed by atoms with van der Waals surface area (Å²) in [7, 11) is 4.53. The van der Waals surface area contributed by atoms with Crippen LogP contribution in [0, 0.1) is 0 Å². The number of hydrogen-bond donors (Lipinski definition) is 0. The topological polar surface area (TPSA) is 26.3 Å². The smallest absolute Gasteiger partial charge is 0.305 e. The number of carbonyl (C=O) groups is 1. The highest BCUT2D eigenvalue weighted by Gasteiger charge is 2.13. The van der Waals surface area contributed by atoms with E-state index in [1.807, 2.05) is 0 Å². The summed E-state index contributed by atoms with van der Waals surface area (Å²) in [5, 5.41) is 0. The molecule has 0 atom stereocenters. The van der Waals surface area contributed by atoms with Crippen molar-refractivity contribution in [2.45, 2.75) is 110 Å². The molecule has 0 fully saturated rings. The van der Waals surface area contributed by atoms with E-state index in [2.05, 4.69) is 27.9 Å². The number of esters is 1. The molecule has 0 saturated heterocycles. The lowest BCUT2D eigenvalue weighted by atomic mass is 10.1. The summed E-state index contributed by atoms with van der Waals surface area (Å²) in [6.07, 6.45) is 18.6. The molecule has 0 aliphatic rings. The molecule has 0 aliphatic heterocycles. The maximum atomic E-state index is 11.8. The monoisotopic (exact) mass is 370 g/mol. The van der Waals surface area contributed by atoms with E-state index in [0.29, 0.717) is 13.0 Å². The molecule has 0 spiro atoms. The number of hydrogen-bond acceptors (Lipinski definition) is 2. The normalized spacial score (nSPS) is 11.7. The minimum atomic E-state index is -0.000196. The molecule has 0 aliphatic carbocycles. The number of nitrogens with zero attached hydrogens (tertiary/aromatic N) is 1. The molecule has 0 aromatic rings. The Morgan fingerprint density at radius 3 is 1.65 bits per heavy atom. The fourth-order valence-corrected chi connectivity index (χ4v) is 3.38. The molecule has 26 heavy (non-hydrogen) atoms. The zero-order chi connectivity index (χ0) is 19.5. The second-order valence-corrected chi connectivity index (χ2v) is 8.60. The van der Waals surface area contributed by atoms with Gasteiger partial charge >= 0.3 is 5.97 Å². The first kappa shape index (κ1) is 25.4. The third-order valence-electron chi connectivity index (χ3n) is 5.27. The highest BCUT2D eigenvalue weighted by atomic mass is 16.5. The molecule has 0 aromatic heterocycles. The summed E-state index contributed by atoms with van der Waals surface area (Å²) in [5.74, 6) is -0.000196. The van der Waals surface area contributed by atoms with Gasteiger partial charge in [0.15, 0.2) is 0 Å². The Morgan fingerprint density at radius 2 is 1.12 bits per heavy atom. The standard InChI is InChI=1S/C23H48NO2/c1-5-7-9-10-11-12-13-14-15-16-17-19-23(25)26-22-18-21-24(3,4)20-8-6-2/h5-22H2,1-4H3/q+1. The van der Waals surface area contributed by atoms with Crippen LogP contribution in [0.2, 0.25) is 0 Å². The fourth-order valence-electron chi connectivity index (χ4n) is 3.38. The van der Waals surface area contributed by atoms with Crippen LogP contribution in [0.15, 0.2) is 0 Å². The maximum absolute atomic E-state index is 11.8. The summed E-state index contributed by atoms with van der Waals surface area (Å²) in [6, 6.07) is 0. The number of carbonyl (C=O) groups excluding carboxylic acids is 1. The molecule has 0 heterocycles. The van der Waals surface area contributed by atoms with Crippen molar-refractivity contribution >= 4 is 5.97 Å². The van der Waals surface area contributed by atoms with Gasteiger partial charge in [0.05, 0.1) is 33.8 Å². The van der Waals surface area contributed by atoms with Crippen LogP contribution in [0.3, 0.4) is 0 Å².